The topological polar surface area (TPSA) is 66.7 Å². The molecule has 2 aliphatic rings. The maximum atomic E-state index is 9.70. The SMILES string of the molecule is CCC1=C(C=CCO)c2cc3nc(cc4c(CC)c(CC)c(c(CC)c5[nH]c(c(CC)c1n2)c(CC)c5CC)n4CC)C=C3. The van der Waals surface area contributed by atoms with Gasteiger partial charge in [0.2, 0.25) is 0 Å². The molecule has 5 rings (SSSR count). The van der Waals surface area contributed by atoms with Gasteiger partial charge in [-0.15, -0.1) is 0 Å². The molecule has 0 atom stereocenters. The van der Waals surface area contributed by atoms with Crippen molar-refractivity contribution in [2.24, 2.45) is 0 Å². The molecule has 0 unspecified atom stereocenters. The van der Waals surface area contributed by atoms with Gasteiger partial charge >= 0.3 is 0 Å². The predicted molar refractivity (Wildman–Crippen MR) is 189 cm³/mol. The van der Waals surface area contributed by atoms with Crippen LogP contribution in [0.1, 0.15) is 118 Å². The molecule has 2 N–H and O–H groups in total. The minimum Gasteiger partial charge on any atom is -0.392 e. The lowest BCUT2D eigenvalue weighted by atomic mass is 9.95. The number of nitrogens with one attached hydrogen (secondary N) is 1. The van der Waals surface area contributed by atoms with Crippen LogP contribution in [0, 0.1) is 0 Å². The van der Waals surface area contributed by atoms with Gasteiger partial charge in [-0.3, -0.25) is 0 Å². The summed E-state index contributed by atoms with van der Waals surface area (Å²) >= 11 is 0. The van der Waals surface area contributed by atoms with Crippen LogP contribution in [0.15, 0.2) is 24.3 Å². The van der Waals surface area contributed by atoms with E-state index in [9.17, 15) is 5.11 Å². The van der Waals surface area contributed by atoms with E-state index in [1.54, 1.807) is 0 Å². The first-order valence-corrected chi connectivity index (χ1v) is 17.0. The van der Waals surface area contributed by atoms with Gasteiger partial charge in [-0.1, -0.05) is 60.6 Å². The number of aromatic nitrogens is 4. The summed E-state index contributed by atoms with van der Waals surface area (Å²) in [5, 5.41) is 9.70. The Hall–Kier alpha value is -3.70. The normalized spacial score (nSPS) is 13.2. The van der Waals surface area contributed by atoms with Crippen molar-refractivity contribution in [1.82, 2.24) is 19.5 Å². The fourth-order valence-electron chi connectivity index (χ4n) is 7.60. The van der Waals surface area contributed by atoms with E-state index in [2.05, 4.69) is 89.2 Å². The number of rotatable bonds is 10. The molecule has 8 bridgehead atoms. The summed E-state index contributed by atoms with van der Waals surface area (Å²) < 4.78 is 2.55. The zero-order chi connectivity index (χ0) is 31.5. The van der Waals surface area contributed by atoms with Gasteiger partial charge < -0.3 is 14.7 Å². The highest BCUT2D eigenvalue weighted by atomic mass is 16.2. The fourth-order valence-corrected chi connectivity index (χ4v) is 7.60. The number of aliphatic hydroxyl groups is 1. The number of allylic oxidation sites excluding steroid dienone is 3. The van der Waals surface area contributed by atoms with Crippen LogP contribution in [0.2, 0.25) is 0 Å². The third-order valence-corrected chi connectivity index (χ3v) is 9.47. The first kappa shape index (κ1) is 31.7. The first-order valence-electron chi connectivity index (χ1n) is 17.0. The van der Waals surface area contributed by atoms with Crippen molar-refractivity contribution in [3.63, 3.8) is 0 Å². The molecule has 0 spiro atoms. The molecule has 0 amide bonds. The Morgan fingerprint density at radius 3 is 1.82 bits per heavy atom. The van der Waals surface area contributed by atoms with E-state index >= 15 is 0 Å². The van der Waals surface area contributed by atoms with Gasteiger partial charge in [0.15, 0.2) is 0 Å². The van der Waals surface area contributed by atoms with Gasteiger partial charge in [-0.05, 0) is 110 Å². The largest absolute Gasteiger partial charge is 0.392 e. The third-order valence-electron chi connectivity index (χ3n) is 9.47. The highest BCUT2D eigenvalue weighted by molar-refractivity contribution is 5.99. The van der Waals surface area contributed by atoms with Gasteiger partial charge in [0.05, 0.1) is 29.4 Å². The molecule has 232 valence electrons. The van der Waals surface area contributed by atoms with E-state index in [1.165, 1.54) is 61.0 Å². The summed E-state index contributed by atoms with van der Waals surface area (Å²) in [5.41, 5.74) is 19.7. The van der Waals surface area contributed by atoms with E-state index in [0.29, 0.717) is 0 Å². The number of aliphatic hydroxyl groups excluding tert-OH is 1. The maximum absolute atomic E-state index is 9.70. The average Bonchev–Trinajstić information content (AvgIpc) is 3.79. The molecule has 0 fully saturated rings. The summed E-state index contributed by atoms with van der Waals surface area (Å²) in [7, 11) is 0. The lowest BCUT2D eigenvalue weighted by Crippen LogP contribution is -1.99. The second-order valence-electron chi connectivity index (χ2n) is 11.6. The molecule has 0 aliphatic carbocycles. The Labute approximate surface area is 263 Å². The van der Waals surface area contributed by atoms with Crippen LogP contribution >= 0.6 is 0 Å². The second kappa shape index (κ2) is 13.5. The lowest BCUT2D eigenvalue weighted by Gasteiger charge is -2.09. The quantitative estimate of drug-likeness (QED) is 0.193. The summed E-state index contributed by atoms with van der Waals surface area (Å²) in [5.74, 6) is 0. The molecular weight excluding hydrogens is 540 g/mol. The number of nitrogens with zero attached hydrogens (tertiary/aromatic N) is 3. The number of H-pyrrole nitrogens is 1. The number of fused-ring (bicyclic) bond motifs is 8. The van der Waals surface area contributed by atoms with E-state index < -0.39 is 0 Å². The molecule has 0 radical (unpaired) electrons. The van der Waals surface area contributed by atoms with Crippen LogP contribution in [0.3, 0.4) is 0 Å². The molecule has 0 aromatic carbocycles. The molecule has 5 nitrogen and oxygen atoms in total. The zero-order valence-electron chi connectivity index (χ0n) is 28.1. The van der Waals surface area contributed by atoms with Gasteiger partial charge in [0.1, 0.15) is 0 Å². The van der Waals surface area contributed by atoms with Crippen molar-refractivity contribution in [3.05, 3.63) is 80.4 Å². The van der Waals surface area contributed by atoms with Crippen molar-refractivity contribution < 1.29 is 5.11 Å². The molecule has 5 heteroatoms. The molecule has 44 heavy (non-hydrogen) atoms. The van der Waals surface area contributed by atoms with Crippen LogP contribution in [-0.2, 0) is 45.1 Å². The summed E-state index contributed by atoms with van der Waals surface area (Å²) in [4.78, 5) is 14.5. The predicted octanol–water partition coefficient (Wildman–Crippen LogP) is 9.22. The van der Waals surface area contributed by atoms with Crippen LogP contribution < -0.4 is 0 Å². The first-order chi connectivity index (χ1) is 21.4. The highest BCUT2D eigenvalue weighted by Crippen LogP contribution is 2.39. The summed E-state index contributed by atoms with van der Waals surface area (Å²) in [6, 6.07) is 4.40. The van der Waals surface area contributed by atoms with Gasteiger partial charge in [-0.2, -0.15) is 0 Å². The molecule has 0 saturated carbocycles. The third kappa shape index (κ3) is 5.19. The zero-order valence-corrected chi connectivity index (χ0v) is 28.1. The Kier molecular flexibility index (Phi) is 9.75. The number of hydrogen-bond donors (Lipinski definition) is 2. The second-order valence-corrected chi connectivity index (χ2v) is 11.6. The minimum atomic E-state index is -0.00491. The Morgan fingerprint density at radius 2 is 1.27 bits per heavy atom. The minimum absolute atomic E-state index is 0.00491. The molecular formula is C39H50N4O. The van der Waals surface area contributed by atoms with Gasteiger partial charge in [0, 0.05) is 39.7 Å². The van der Waals surface area contributed by atoms with Crippen LogP contribution in [0.25, 0.3) is 45.4 Å². The lowest BCUT2D eigenvalue weighted by molar-refractivity contribution is 0.343. The van der Waals surface area contributed by atoms with Gasteiger partial charge in [0.25, 0.3) is 0 Å². The van der Waals surface area contributed by atoms with Gasteiger partial charge in [-0.25, -0.2) is 9.97 Å². The Morgan fingerprint density at radius 1 is 0.682 bits per heavy atom. The Bertz CT molecular complexity index is 1830. The van der Waals surface area contributed by atoms with Crippen molar-refractivity contribution in [1.29, 1.82) is 0 Å². The number of hydrogen-bond acceptors (Lipinski definition) is 3. The van der Waals surface area contributed by atoms with Crippen LogP contribution in [-0.4, -0.2) is 31.2 Å². The van der Waals surface area contributed by atoms with Crippen molar-refractivity contribution in [2.75, 3.05) is 6.61 Å². The standard InChI is InChI=1S/C39H50N4O/c1-9-26-30(13-5)39-32(15-7)38-28(11-3)27(10-2)37(42-38)31(14-6)36-29(12-4)33(18-17-21-44)34(41-36)22-24-19-20-25(40-24)23-35(26)43(39)16-8/h17-20,22-23,42,44H,9-16,21H2,1-8H3. The van der Waals surface area contributed by atoms with Crippen LogP contribution in [0.5, 0.6) is 0 Å². The smallest absolute Gasteiger partial charge is 0.0734 e. The molecule has 2 aliphatic heterocycles. The van der Waals surface area contributed by atoms with Crippen LogP contribution in [0.4, 0.5) is 0 Å². The number of aryl methyl sites for hydroxylation is 7. The molecule has 5 heterocycles. The number of aromatic amines is 1. The maximum Gasteiger partial charge on any atom is 0.0734 e. The fraction of sp³-hybridized carbons (Fsp3) is 0.436. The molecule has 0 saturated heterocycles. The highest BCUT2D eigenvalue weighted by Gasteiger charge is 2.24. The molecule has 3 aromatic heterocycles. The van der Waals surface area contributed by atoms with E-state index in [0.717, 1.165) is 79.8 Å². The average molecular weight is 591 g/mol. The van der Waals surface area contributed by atoms with E-state index in [4.69, 9.17) is 9.97 Å². The van der Waals surface area contributed by atoms with Crippen molar-refractivity contribution >= 4 is 45.4 Å². The van der Waals surface area contributed by atoms with E-state index in [-0.39, 0.29) is 6.61 Å². The molecule has 3 aromatic rings. The van der Waals surface area contributed by atoms with Crippen molar-refractivity contribution in [2.45, 2.75) is 107 Å². The van der Waals surface area contributed by atoms with E-state index in [1.807, 2.05) is 12.2 Å². The summed E-state index contributed by atoms with van der Waals surface area (Å²) in [6.07, 6.45) is 14.7. The summed E-state index contributed by atoms with van der Waals surface area (Å²) in [6.45, 7) is 19.1. The Balaban J connectivity index is 2.15. The van der Waals surface area contributed by atoms with Crippen molar-refractivity contribution in [3.8, 4) is 0 Å². The monoisotopic (exact) mass is 590 g/mol.